The summed E-state index contributed by atoms with van der Waals surface area (Å²) in [6.45, 7) is 5.71. The third-order valence-corrected chi connectivity index (χ3v) is 6.76. The summed E-state index contributed by atoms with van der Waals surface area (Å²) in [5, 5.41) is 0. The third kappa shape index (κ3) is 5.63. The number of ether oxygens (including phenoxy) is 2. The van der Waals surface area contributed by atoms with Gasteiger partial charge in [0.1, 0.15) is 5.75 Å². The second kappa shape index (κ2) is 10.4. The standard InChI is InChI=1S/C26H36N2O2/c1-29-26-8-4-20(5-9-26)17-28(18-21-10-12-30-13-11-21)19-23-3-7-24-14-22(16-27)2-6-25(24)15-23/h3-5,7-9,15,21-22H,2,6,10-14,16-19,27H2,1H3/t22-/m0/s1. The van der Waals surface area contributed by atoms with Crippen molar-refractivity contribution in [2.24, 2.45) is 17.6 Å². The fourth-order valence-corrected chi connectivity index (χ4v) is 4.91. The highest BCUT2D eigenvalue weighted by Crippen LogP contribution is 2.27. The molecular formula is C26H36N2O2. The fraction of sp³-hybridized carbons (Fsp3) is 0.538. The zero-order chi connectivity index (χ0) is 20.8. The number of rotatable bonds is 8. The number of hydrogen-bond donors (Lipinski definition) is 1. The van der Waals surface area contributed by atoms with E-state index >= 15 is 0 Å². The van der Waals surface area contributed by atoms with Crippen LogP contribution < -0.4 is 10.5 Å². The van der Waals surface area contributed by atoms with E-state index in [-0.39, 0.29) is 0 Å². The molecule has 0 amide bonds. The first-order chi connectivity index (χ1) is 14.7. The number of nitrogens with two attached hydrogens (primary N) is 1. The van der Waals surface area contributed by atoms with E-state index < -0.39 is 0 Å². The van der Waals surface area contributed by atoms with Crippen LogP contribution in [0.5, 0.6) is 5.75 Å². The van der Waals surface area contributed by atoms with E-state index in [9.17, 15) is 0 Å². The number of benzene rings is 2. The van der Waals surface area contributed by atoms with Gasteiger partial charge in [-0.15, -0.1) is 0 Å². The van der Waals surface area contributed by atoms with E-state index in [1.807, 2.05) is 0 Å². The van der Waals surface area contributed by atoms with Crippen molar-refractivity contribution in [3.8, 4) is 5.75 Å². The topological polar surface area (TPSA) is 47.7 Å². The van der Waals surface area contributed by atoms with Crippen LogP contribution in [0.4, 0.5) is 0 Å². The van der Waals surface area contributed by atoms with Crippen LogP contribution in [-0.2, 0) is 30.7 Å². The van der Waals surface area contributed by atoms with Crippen LogP contribution in [0, 0.1) is 11.8 Å². The molecule has 0 aromatic heterocycles. The van der Waals surface area contributed by atoms with Crippen molar-refractivity contribution < 1.29 is 9.47 Å². The predicted octanol–water partition coefficient (Wildman–Crippen LogP) is 4.19. The molecule has 0 saturated carbocycles. The SMILES string of the molecule is COc1ccc(CN(Cc2ccc3c(c2)CC[C@H](CN)C3)CC2CCOCC2)cc1. The maximum Gasteiger partial charge on any atom is 0.118 e. The predicted molar refractivity (Wildman–Crippen MR) is 122 cm³/mol. The lowest BCUT2D eigenvalue weighted by Crippen LogP contribution is -2.32. The summed E-state index contributed by atoms with van der Waals surface area (Å²) >= 11 is 0. The van der Waals surface area contributed by atoms with Crippen LogP contribution in [0.25, 0.3) is 0 Å². The van der Waals surface area contributed by atoms with Gasteiger partial charge in [0.25, 0.3) is 0 Å². The van der Waals surface area contributed by atoms with Gasteiger partial charge in [-0.1, -0.05) is 30.3 Å². The molecule has 1 aliphatic carbocycles. The average Bonchev–Trinajstić information content (AvgIpc) is 2.80. The van der Waals surface area contributed by atoms with Crippen molar-refractivity contribution in [2.75, 3.05) is 33.4 Å². The third-order valence-electron chi connectivity index (χ3n) is 6.76. The summed E-state index contributed by atoms with van der Waals surface area (Å²) in [6, 6.07) is 15.6. The van der Waals surface area contributed by atoms with Crippen molar-refractivity contribution in [3.63, 3.8) is 0 Å². The lowest BCUT2D eigenvalue weighted by molar-refractivity contribution is 0.0502. The van der Waals surface area contributed by atoms with Gasteiger partial charge in [-0.25, -0.2) is 0 Å². The highest BCUT2D eigenvalue weighted by atomic mass is 16.5. The maximum atomic E-state index is 5.91. The molecule has 1 atom stereocenters. The lowest BCUT2D eigenvalue weighted by Gasteiger charge is -2.30. The Morgan fingerprint density at radius 2 is 1.67 bits per heavy atom. The van der Waals surface area contributed by atoms with Crippen LogP contribution in [0.2, 0.25) is 0 Å². The van der Waals surface area contributed by atoms with Crippen molar-refractivity contribution in [1.29, 1.82) is 0 Å². The number of aryl methyl sites for hydroxylation is 1. The number of nitrogens with zero attached hydrogens (tertiary/aromatic N) is 1. The fourth-order valence-electron chi connectivity index (χ4n) is 4.91. The Bertz CT molecular complexity index is 799. The number of methoxy groups -OCH3 is 1. The molecule has 4 rings (SSSR count). The van der Waals surface area contributed by atoms with E-state index in [4.69, 9.17) is 15.2 Å². The molecule has 0 spiro atoms. The van der Waals surface area contributed by atoms with Crippen molar-refractivity contribution in [2.45, 2.75) is 45.2 Å². The molecular weight excluding hydrogens is 372 g/mol. The molecule has 0 unspecified atom stereocenters. The van der Waals surface area contributed by atoms with Gasteiger partial charge < -0.3 is 15.2 Å². The van der Waals surface area contributed by atoms with Crippen molar-refractivity contribution in [1.82, 2.24) is 4.90 Å². The largest absolute Gasteiger partial charge is 0.497 e. The molecule has 2 N–H and O–H groups in total. The smallest absolute Gasteiger partial charge is 0.118 e. The average molecular weight is 409 g/mol. The molecule has 1 heterocycles. The van der Waals surface area contributed by atoms with Crippen molar-refractivity contribution >= 4 is 0 Å². The lowest BCUT2D eigenvalue weighted by atomic mass is 9.83. The Hall–Kier alpha value is -1.88. The summed E-state index contributed by atoms with van der Waals surface area (Å²) in [5.41, 5.74) is 11.7. The van der Waals surface area contributed by atoms with Crippen molar-refractivity contribution in [3.05, 3.63) is 64.7 Å². The monoisotopic (exact) mass is 408 g/mol. The van der Waals surface area contributed by atoms with Crippen LogP contribution in [0.3, 0.4) is 0 Å². The second-order valence-electron chi connectivity index (χ2n) is 9.02. The van der Waals surface area contributed by atoms with Gasteiger partial charge in [-0.3, -0.25) is 4.90 Å². The highest BCUT2D eigenvalue weighted by molar-refractivity contribution is 5.34. The van der Waals surface area contributed by atoms with Gasteiger partial charge in [0.05, 0.1) is 7.11 Å². The first-order valence-electron chi connectivity index (χ1n) is 11.5. The van der Waals surface area contributed by atoms with Crippen LogP contribution in [-0.4, -0.2) is 38.3 Å². The highest BCUT2D eigenvalue weighted by Gasteiger charge is 2.20. The Morgan fingerprint density at radius 1 is 0.933 bits per heavy atom. The first-order valence-corrected chi connectivity index (χ1v) is 11.5. The van der Waals surface area contributed by atoms with Crippen LogP contribution in [0.1, 0.15) is 41.5 Å². The molecule has 30 heavy (non-hydrogen) atoms. The summed E-state index contributed by atoms with van der Waals surface area (Å²) < 4.78 is 10.9. The molecule has 2 aromatic rings. The minimum Gasteiger partial charge on any atom is -0.497 e. The van der Waals surface area contributed by atoms with Crippen LogP contribution >= 0.6 is 0 Å². The minimum atomic E-state index is 0.656. The minimum absolute atomic E-state index is 0.656. The normalized spacial score (nSPS) is 19.6. The Balaban J connectivity index is 1.47. The molecule has 2 aromatic carbocycles. The molecule has 1 fully saturated rings. The van der Waals surface area contributed by atoms with E-state index in [2.05, 4.69) is 47.4 Å². The van der Waals surface area contributed by atoms with E-state index in [1.165, 1.54) is 47.9 Å². The molecule has 1 saturated heterocycles. The summed E-state index contributed by atoms with van der Waals surface area (Å²) in [4.78, 5) is 2.62. The number of hydrogen-bond acceptors (Lipinski definition) is 4. The Labute approximate surface area is 181 Å². The van der Waals surface area contributed by atoms with E-state index in [1.54, 1.807) is 7.11 Å². The zero-order valence-electron chi connectivity index (χ0n) is 18.3. The molecule has 0 radical (unpaired) electrons. The second-order valence-corrected chi connectivity index (χ2v) is 9.02. The van der Waals surface area contributed by atoms with Gasteiger partial charge in [0.2, 0.25) is 0 Å². The summed E-state index contributed by atoms with van der Waals surface area (Å²) in [7, 11) is 1.72. The van der Waals surface area contributed by atoms with E-state index in [0.717, 1.165) is 57.5 Å². The van der Waals surface area contributed by atoms with E-state index in [0.29, 0.717) is 5.92 Å². The quantitative estimate of drug-likeness (QED) is 0.712. The van der Waals surface area contributed by atoms with Gasteiger partial charge in [0, 0.05) is 32.8 Å². The zero-order valence-corrected chi connectivity index (χ0v) is 18.3. The molecule has 162 valence electrons. The molecule has 2 aliphatic rings. The summed E-state index contributed by atoms with van der Waals surface area (Å²) in [6.07, 6.45) is 5.88. The number of fused-ring (bicyclic) bond motifs is 1. The Kier molecular flexibility index (Phi) is 7.42. The Morgan fingerprint density at radius 3 is 2.40 bits per heavy atom. The van der Waals surface area contributed by atoms with Gasteiger partial charge in [0.15, 0.2) is 0 Å². The van der Waals surface area contributed by atoms with Crippen LogP contribution in [0.15, 0.2) is 42.5 Å². The molecule has 0 bridgehead atoms. The van der Waals surface area contributed by atoms with Gasteiger partial charge in [-0.05, 0) is 84.9 Å². The first kappa shape index (κ1) is 21.4. The maximum absolute atomic E-state index is 5.91. The molecule has 1 aliphatic heterocycles. The van der Waals surface area contributed by atoms with Gasteiger partial charge in [-0.2, -0.15) is 0 Å². The molecule has 4 heteroatoms. The van der Waals surface area contributed by atoms with Gasteiger partial charge >= 0.3 is 0 Å². The molecule has 4 nitrogen and oxygen atoms in total. The summed E-state index contributed by atoms with van der Waals surface area (Å²) in [5.74, 6) is 2.29.